The van der Waals surface area contributed by atoms with Gasteiger partial charge in [-0.1, -0.05) is 0 Å². The average molecular weight is 202 g/mol. The van der Waals surface area contributed by atoms with E-state index < -0.39 is 0 Å². The molecular formula is C11H22O3. The molecule has 14 heavy (non-hydrogen) atoms. The first-order chi connectivity index (χ1) is 6.52. The van der Waals surface area contributed by atoms with Crippen molar-refractivity contribution in [3.05, 3.63) is 0 Å². The van der Waals surface area contributed by atoms with Crippen LogP contribution < -0.4 is 0 Å². The molecule has 2 unspecified atom stereocenters. The monoisotopic (exact) mass is 202 g/mol. The summed E-state index contributed by atoms with van der Waals surface area (Å²) in [7, 11) is 5.21. The van der Waals surface area contributed by atoms with Gasteiger partial charge in [-0.25, -0.2) is 0 Å². The van der Waals surface area contributed by atoms with Crippen molar-refractivity contribution in [3.63, 3.8) is 0 Å². The Bertz CT molecular complexity index is 177. The molecule has 0 aromatic rings. The average Bonchev–Trinajstić information content (AvgIpc) is 2.18. The van der Waals surface area contributed by atoms with Gasteiger partial charge in [0.1, 0.15) is 6.10 Å². The molecule has 1 rings (SSSR count). The minimum Gasteiger partial charge on any atom is -0.376 e. The lowest BCUT2D eigenvalue weighted by Gasteiger charge is -2.49. The lowest BCUT2D eigenvalue weighted by Crippen LogP contribution is -2.59. The lowest BCUT2D eigenvalue weighted by atomic mass is 9.74. The molecule has 0 spiro atoms. The van der Waals surface area contributed by atoms with Crippen LogP contribution in [0.3, 0.4) is 0 Å². The smallest absolute Gasteiger partial charge is 0.114 e. The number of methoxy groups -OCH3 is 3. The standard InChI is InChI=1S/C11H22O3/c1-10(13-4)7-6-8-11(2,14-5)9(10)12-3/h9H,6-8H2,1-5H3. The number of ether oxygens (including phenoxy) is 3. The van der Waals surface area contributed by atoms with Crippen LogP contribution in [0.2, 0.25) is 0 Å². The van der Waals surface area contributed by atoms with Gasteiger partial charge >= 0.3 is 0 Å². The van der Waals surface area contributed by atoms with Crippen LogP contribution in [0.25, 0.3) is 0 Å². The summed E-state index contributed by atoms with van der Waals surface area (Å²) < 4.78 is 16.7. The van der Waals surface area contributed by atoms with Crippen molar-refractivity contribution >= 4 is 0 Å². The summed E-state index contributed by atoms with van der Waals surface area (Å²) in [5.74, 6) is 0. The molecular weight excluding hydrogens is 180 g/mol. The van der Waals surface area contributed by atoms with Crippen LogP contribution in [0, 0.1) is 0 Å². The molecule has 1 fully saturated rings. The molecule has 0 aliphatic heterocycles. The van der Waals surface area contributed by atoms with Crippen LogP contribution in [0.1, 0.15) is 33.1 Å². The fraction of sp³-hybridized carbons (Fsp3) is 1.00. The van der Waals surface area contributed by atoms with E-state index in [4.69, 9.17) is 14.2 Å². The first-order valence-electron chi connectivity index (χ1n) is 5.15. The molecule has 0 amide bonds. The third-order valence-corrected chi connectivity index (χ3v) is 3.62. The first-order valence-corrected chi connectivity index (χ1v) is 5.15. The summed E-state index contributed by atoms with van der Waals surface area (Å²) in [5, 5.41) is 0. The summed E-state index contributed by atoms with van der Waals surface area (Å²) in [6, 6.07) is 0. The van der Waals surface area contributed by atoms with Gasteiger partial charge in [-0.15, -0.1) is 0 Å². The number of hydrogen-bond donors (Lipinski definition) is 0. The second kappa shape index (κ2) is 4.17. The Morgan fingerprint density at radius 3 is 1.64 bits per heavy atom. The normalized spacial score (nSPS) is 43.9. The number of rotatable bonds is 3. The molecule has 1 aliphatic rings. The van der Waals surface area contributed by atoms with Crippen molar-refractivity contribution in [2.24, 2.45) is 0 Å². The summed E-state index contributed by atoms with van der Waals surface area (Å²) in [6.45, 7) is 4.19. The molecule has 3 nitrogen and oxygen atoms in total. The molecule has 0 bridgehead atoms. The molecule has 1 aliphatic carbocycles. The van der Waals surface area contributed by atoms with Crippen molar-refractivity contribution in [2.75, 3.05) is 21.3 Å². The van der Waals surface area contributed by atoms with E-state index in [1.54, 1.807) is 21.3 Å². The Morgan fingerprint density at radius 1 is 0.929 bits per heavy atom. The Morgan fingerprint density at radius 2 is 1.36 bits per heavy atom. The van der Waals surface area contributed by atoms with Crippen LogP contribution in [0.15, 0.2) is 0 Å². The zero-order valence-electron chi connectivity index (χ0n) is 9.92. The molecule has 0 radical (unpaired) electrons. The van der Waals surface area contributed by atoms with Crippen LogP contribution in [-0.4, -0.2) is 38.6 Å². The van der Waals surface area contributed by atoms with Gasteiger partial charge in [0.25, 0.3) is 0 Å². The maximum absolute atomic E-state index is 5.57. The maximum Gasteiger partial charge on any atom is 0.114 e. The second-order valence-electron chi connectivity index (χ2n) is 4.50. The van der Waals surface area contributed by atoms with E-state index in [0.717, 1.165) is 19.3 Å². The third kappa shape index (κ3) is 1.81. The zero-order valence-corrected chi connectivity index (χ0v) is 9.92. The van der Waals surface area contributed by atoms with E-state index in [1.807, 2.05) is 0 Å². The molecule has 0 aromatic heterocycles. The number of hydrogen-bond acceptors (Lipinski definition) is 3. The van der Waals surface area contributed by atoms with Gasteiger partial charge < -0.3 is 14.2 Å². The Kier molecular flexibility index (Phi) is 3.56. The zero-order chi connectivity index (χ0) is 10.8. The maximum atomic E-state index is 5.57. The van der Waals surface area contributed by atoms with Crippen LogP contribution in [0.5, 0.6) is 0 Å². The summed E-state index contributed by atoms with van der Waals surface area (Å²) in [4.78, 5) is 0. The predicted molar refractivity (Wildman–Crippen MR) is 55.5 cm³/mol. The SMILES string of the molecule is COC1C(C)(OC)CCCC1(C)OC. The van der Waals surface area contributed by atoms with E-state index in [-0.39, 0.29) is 17.3 Å². The van der Waals surface area contributed by atoms with Crippen LogP contribution >= 0.6 is 0 Å². The van der Waals surface area contributed by atoms with Crippen molar-refractivity contribution in [1.82, 2.24) is 0 Å². The van der Waals surface area contributed by atoms with Crippen molar-refractivity contribution in [3.8, 4) is 0 Å². The van der Waals surface area contributed by atoms with Gasteiger partial charge in [0.2, 0.25) is 0 Å². The molecule has 0 heterocycles. The highest BCUT2D eigenvalue weighted by atomic mass is 16.6. The van der Waals surface area contributed by atoms with Gasteiger partial charge in [-0.2, -0.15) is 0 Å². The van der Waals surface area contributed by atoms with Gasteiger partial charge in [-0.3, -0.25) is 0 Å². The van der Waals surface area contributed by atoms with E-state index in [2.05, 4.69) is 13.8 Å². The molecule has 3 heteroatoms. The third-order valence-electron chi connectivity index (χ3n) is 3.62. The lowest BCUT2D eigenvalue weighted by molar-refractivity contribution is -0.217. The fourth-order valence-corrected chi connectivity index (χ4v) is 2.62. The van der Waals surface area contributed by atoms with E-state index >= 15 is 0 Å². The topological polar surface area (TPSA) is 27.7 Å². The van der Waals surface area contributed by atoms with Crippen molar-refractivity contribution in [2.45, 2.75) is 50.4 Å². The highest BCUT2D eigenvalue weighted by Gasteiger charge is 2.50. The fourth-order valence-electron chi connectivity index (χ4n) is 2.62. The first kappa shape index (κ1) is 12.0. The Hall–Kier alpha value is -0.120. The molecule has 0 aromatic carbocycles. The van der Waals surface area contributed by atoms with Gasteiger partial charge in [-0.05, 0) is 33.1 Å². The van der Waals surface area contributed by atoms with Crippen LogP contribution in [-0.2, 0) is 14.2 Å². The van der Waals surface area contributed by atoms with Crippen LogP contribution in [0.4, 0.5) is 0 Å². The molecule has 0 N–H and O–H groups in total. The van der Waals surface area contributed by atoms with Crippen molar-refractivity contribution in [1.29, 1.82) is 0 Å². The second-order valence-corrected chi connectivity index (χ2v) is 4.50. The highest BCUT2D eigenvalue weighted by molar-refractivity contribution is 5.01. The predicted octanol–water partition coefficient (Wildman–Crippen LogP) is 2.00. The molecule has 0 saturated heterocycles. The van der Waals surface area contributed by atoms with Gasteiger partial charge in [0, 0.05) is 21.3 Å². The summed E-state index contributed by atoms with van der Waals surface area (Å²) in [6.07, 6.45) is 3.18. The minimum absolute atomic E-state index is 0.00116. The van der Waals surface area contributed by atoms with Gasteiger partial charge in [0.05, 0.1) is 11.2 Å². The van der Waals surface area contributed by atoms with E-state index in [0.29, 0.717) is 0 Å². The summed E-state index contributed by atoms with van der Waals surface area (Å²) in [5.41, 5.74) is -0.449. The molecule has 1 saturated carbocycles. The molecule has 84 valence electrons. The molecule has 2 atom stereocenters. The Balaban J connectivity index is 2.90. The quantitative estimate of drug-likeness (QED) is 0.700. The van der Waals surface area contributed by atoms with E-state index in [1.165, 1.54) is 0 Å². The summed E-state index contributed by atoms with van der Waals surface area (Å²) >= 11 is 0. The largest absolute Gasteiger partial charge is 0.376 e. The van der Waals surface area contributed by atoms with Crippen molar-refractivity contribution < 1.29 is 14.2 Å². The van der Waals surface area contributed by atoms with Gasteiger partial charge in [0.15, 0.2) is 0 Å². The highest BCUT2D eigenvalue weighted by Crippen LogP contribution is 2.40. The minimum atomic E-state index is -0.224. The van der Waals surface area contributed by atoms with E-state index in [9.17, 15) is 0 Å². The Labute approximate surface area is 86.7 Å².